The highest BCUT2D eigenvalue weighted by Gasteiger charge is 2.37. The lowest BCUT2D eigenvalue weighted by atomic mass is 10.1. The number of alkyl halides is 3. The van der Waals surface area contributed by atoms with Crippen LogP contribution in [-0.4, -0.2) is 41.2 Å². The van der Waals surface area contributed by atoms with E-state index in [0.717, 1.165) is 23.1 Å². The second-order valence-corrected chi connectivity index (χ2v) is 6.52. The van der Waals surface area contributed by atoms with Crippen molar-refractivity contribution < 1.29 is 22.6 Å². The second kappa shape index (κ2) is 7.18. The number of halogens is 3. The number of nitro groups is 1. The molecule has 2 heterocycles. The zero-order chi connectivity index (χ0) is 19.8. The molecular formula is C17H19F3N4O3. The van der Waals surface area contributed by atoms with Crippen LogP contribution in [0.3, 0.4) is 0 Å². The Morgan fingerprint density at radius 3 is 2.41 bits per heavy atom. The third-order valence-electron chi connectivity index (χ3n) is 4.77. The van der Waals surface area contributed by atoms with Crippen LogP contribution in [0, 0.1) is 24.0 Å². The molecule has 0 bridgehead atoms. The molecule has 0 atom stereocenters. The largest absolute Gasteiger partial charge is 0.418 e. The molecule has 7 nitrogen and oxygen atoms in total. The van der Waals surface area contributed by atoms with Crippen molar-refractivity contribution in [2.75, 3.05) is 31.1 Å². The highest BCUT2D eigenvalue weighted by molar-refractivity contribution is 5.59. The van der Waals surface area contributed by atoms with Gasteiger partial charge in [-0.2, -0.15) is 13.2 Å². The number of nitrogens with zero attached hydrogens (tertiary/aromatic N) is 4. The third-order valence-corrected chi connectivity index (χ3v) is 4.77. The normalized spacial score (nSPS) is 16.0. The van der Waals surface area contributed by atoms with E-state index >= 15 is 0 Å². The predicted octanol–water partition coefficient (Wildman–Crippen LogP) is 3.54. The van der Waals surface area contributed by atoms with E-state index in [4.69, 9.17) is 4.52 Å². The van der Waals surface area contributed by atoms with Crippen molar-refractivity contribution in [3.05, 3.63) is 50.9 Å². The van der Waals surface area contributed by atoms with E-state index in [1.54, 1.807) is 4.90 Å². The van der Waals surface area contributed by atoms with Gasteiger partial charge in [-0.15, -0.1) is 0 Å². The van der Waals surface area contributed by atoms with Gasteiger partial charge >= 0.3 is 6.18 Å². The number of aryl methyl sites for hydroxylation is 2. The zero-order valence-corrected chi connectivity index (χ0v) is 14.9. The summed E-state index contributed by atoms with van der Waals surface area (Å²) in [7, 11) is 0. The van der Waals surface area contributed by atoms with Gasteiger partial charge in [0.1, 0.15) is 5.76 Å². The highest BCUT2D eigenvalue weighted by atomic mass is 19.4. The SMILES string of the molecule is Cc1noc(C)c1CN1CCN(c2ccc([N+](=O)[O-])cc2C(F)(F)F)CC1. The number of hydrogen-bond acceptors (Lipinski definition) is 6. The van der Waals surface area contributed by atoms with Gasteiger partial charge in [0.25, 0.3) is 5.69 Å². The molecule has 0 spiro atoms. The van der Waals surface area contributed by atoms with Crippen molar-refractivity contribution in [3.63, 3.8) is 0 Å². The first kappa shape index (κ1) is 19.2. The molecule has 27 heavy (non-hydrogen) atoms. The van der Waals surface area contributed by atoms with Gasteiger partial charge < -0.3 is 9.42 Å². The van der Waals surface area contributed by atoms with Crippen molar-refractivity contribution in [1.82, 2.24) is 10.1 Å². The Bertz CT molecular complexity index is 823. The fourth-order valence-corrected chi connectivity index (χ4v) is 3.24. The van der Waals surface area contributed by atoms with Crippen molar-refractivity contribution in [1.29, 1.82) is 0 Å². The lowest BCUT2D eigenvalue weighted by molar-refractivity contribution is -0.385. The molecule has 1 aliphatic heterocycles. The Morgan fingerprint density at radius 2 is 1.89 bits per heavy atom. The zero-order valence-electron chi connectivity index (χ0n) is 14.9. The molecule has 1 saturated heterocycles. The van der Waals surface area contributed by atoms with Gasteiger partial charge in [0.2, 0.25) is 0 Å². The van der Waals surface area contributed by atoms with E-state index in [2.05, 4.69) is 10.1 Å². The van der Waals surface area contributed by atoms with Crippen LogP contribution >= 0.6 is 0 Å². The van der Waals surface area contributed by atoms with Gasteiger partial charge in [-0.3, -0.25) is 15.0 Å². The van der Waals surface area contributed by atoms with Crippen LogP contribution in [0.1, 0.15) is 22.6 Å². The van der Waals surface area contributed by atoms with E-state index in [-0.39, 0.29) is 5.69 Å². The summed E-state index contributed by atoms with van der Waals surface area (Å²) in [5, 5.41) is 14.7. The molecule has 0 saturated carbocycles. The first-order chi connectivity index (χ1) is 12.7. The first-order valence-corrected chi connectivity index (χ1v) is 8.41. The van der Waals surface area contributed by atoms with Gasteiger partial charge in [0, 0.05) is 56.1 Å². The lowest BCUT2D eigenvalue weighted by Gasteiger charge is -2.37. The van der Waals surface area contributed by atoms with Gasteiger partial charge in [-0.1, -0.05) is 5.16 Å². The molecule has 1 aliphatic rings. The number of aromatic nitrogens is 1. The molecular weight excluding hydrogens is 365 g/mol. The van der Waals surface area contributed by atoms with Crippen LogP contribution in [-0.2, 0) is 12.7 Å². The van der Waals surface area contributed by atoms with Crippen molar-refractivity contribution in [2.24, 2.45) is 0 Å². The maximum absolute atomic E-state index is 13.4. The Morgan fingerprint density at radius 1 is 1.22 bits per heavy atom. The maximum atomic E-state index is 13.4. The van der Waals surface area contributed by atoms with E-state index < -0.39 is 22.4 Å². The fourth-order valence-electron chi connectivity index (χ4n) is 3.24. The molecule has 1 aromatic carbocycles. The summed E-state index contributed by atoms with van der Waals surface area (Å²) in [4.78, 5) is 13.8. The summed E-state index contributed by atoms with van der Waals surface area (Å²) < 4.78 is 45.3. The molecule has 0 N–H and O–H groups in total. The molecule has 3 rings (SSSR count). The fraction of sp³-hybridized carbons (Fsp3) is 0.471. The Labute approximate surface area is 153 Å². The average molecular weight is 384 g/mol. The number of hydrogen-bond donors (Lipinski definition) is 0. The van der Waals surface area contributed by atoms with Gasteiger partial charge in [-0.05, 0) is 19.9 Å². The number of benzene rings is 1. The summed E-state index contributed by atoms with van der Waals surface area (Å²) in [6, 6.07) is 2.90. The Kier molecular flexibility index (Phi) is 5.09. The summed E-state index contributed by atoms with van der Waals surface area (Å²) in [5.74, 6) is 0.740. The minimum absolute atomic E-state index is 0.0231. The molecule has 0 unspecified atom stereocenters. The average Bonchev–Trinajstić information content (AvgIpc) is 2.93. The summed E-state index contributed by atoms with van der Waals surface area (Å²) in [6.45, 7) is 6.24. The summed E-state index contributed by atoms with van der Waals surface area (Å²) in [6.07, 6.45) is -4.66. The number of rotatable bonds is 4. The molecule has 1 aromatic heterocycles. The van der Waals surface area contributed by atoms with Gasteiger partial charge in [-0.25, -0.2) is 0 Å². The first-order valence-electron chi connectivity index (χ1n) is 8.41. The van der Waals surface area contributed by atoms with E-state index in [9.17, 15) is 23.3 Å². The molecule has 0 amide bonds. The van der Waals surface area contributed by atoms with Crippen LogP contribution in [0.4, 0.5) is 24.5 Å². The lowest BCUT2D eigenvalue weighted by Crippen LogP contribution is -2.46. The minimum atomic E-state index is -4.66. The molecule has 2 aromatic rings. The smallest absolute Gasteiger partial charge is 0.368 e. The van der Waals surface area contributed by atoms with Gasteiger partial charge in [0.15, 0.2) is 0 Å². The van der Waals surface area contributed by atoms with Crippen molar-refractivity contribution >= 4 is 11.4 Å². The quantitative estimate of drug-likeness (QED) is 0.593. The third kappa shape index (κ3) is 4.05. The van der Waals surface area contributed by atoms with E-state index in [0.29, 0.717) is 38.8 Å². The van der Waals surface area contributed by atoms with Crippen LogP contribution < -0.4 is 4.90 Å². The predicted molar refractivity (Wildman–Crippen MR) is 91.6 cm³/mol. The molecule has 0 aliphatic carbocycles. The van der Waals surface area contributed by atoms with Crippen LogP contribution in [0.25, 0.3) is 0 Å². The maximum Gasteiger partial charge on any atom is 0.418 e. The van der Waals surface area contributed by atoms with Crippen molar-refractivity contribution in [3.8, 4) is 0 Å². The van der Waals surface area contributed by atoms with Crippen LogP contribution in [0.5, 0.6) is 0 Å². The number of nitro benzene ring substituents is 1. The monoisotopic (exact) mass is 384 g/mol. The van der Waals surface area contributed by atoms with E-state index in [1.165, 1.54) is 6.07 Å². The highest BCUT2D eigenvalue weighted by Crippen LogP contribution is 2.39. The summed E-state index contributed by atoms with van der Waals surface area (Å²) in [5.41, 5.74) is 0.239. The standard InChI is InChI=1S/C17H19F3N4O3/c1-11-14(12(2)27-21-11)10-22-5-7-23(8-6-22)16-4-3-13(24(25)26)9-15(16)17(18,19)20/h3-4,9H,5-8,10H2,1-2H3. The van der Waals surface area contributed by atoms with Crippen LogP contribution in [0.15, 0.2) is 22.7 Å². The molecule has 10 heteroatoms. The Balaban J connectivity index is 1.75. The second-order valence-electron chi connectivity index (χ2n) is 6.52. The van der Waals surface area contributed by atoms with Crippen molar-refractivity contribution in [2.45, 2.75) is 26.6 Å². The Hall–Kier alpha value is -2.62. The molecule has 0 radical (unpaired) electrons. The van der Waals surface area contributed by atoms with Crippen LogP contribution in [0.2, 0.25) is 0 Å². The minimum Gasteiger partial charge on any atom is -0.368 e. The topological polar surface area (TPSA) is 75.7 Å². The number of anilines is 1. The summed E-state index contributed by atoms with van der Waals surface area (Å²) >= 11 is 0. The molecule has 146 valence electrons. The van der Waals surface area contributed by atoms with Gasteiger partial charge in [0.05, 0.1) is 16.2 Å². The number of non-ortho nitro benzene ring substituents is 1. The molecule has 1 fully saturated rings. The van der Waals surface area contributed by atoms with E-state index in [1.807, 2.05) is 13.8 Å². The number of piperazine rings is 1.